The van der Waals surface area contributed by atoms with Crippen LogP contribution in [0.25, 0.3) is 0 Å². The fraction of sp³-hybridized carbons (Fsp3) is 0.556. The first-order chi connectivity index (χ1) is 15.1. The van der Waals surface area contributed by atoms with E-state index < -0.39 is 0 Å². The smallest absolute Gasteiger partial charge is 0.123 e. The zero-order valence-electron chi connectivity index (χ0n) is 18.6. The van der Waals surface area contributed by atoms with Crippen LogP contribution in [0.3, 0.4) is 0 Å². The summed E-state index contributed by atoms with van der Waals surface area (Å²) in [5, 5.41) is 0. The molecule has 0 bridgehead atoms. The molecule has 168 valence electrons. The van der Waals surface area contributed by atoms with Crippen LogP contribution in [0.1, 0.15) is 56.1 Å². The topological polar surface area (TPSA) is 6.48 Å². The molecule has 2 nitrogen and oxygen atoms in total. The molecule has 2 heterocycles. The van der Waals surface area contributed by atoms with Crippen molar-refractivity contribution in [3.63, 3.8) is 0 Å². The standard InChI is InChI=1S/C27H36F2N2/c28-26-8-2-6-24(18-26)20-30-14-10-22(11-15-30)4-1-5-23-12-16-31(17-13-23)21-25-7-3-9-27(29)19-25/h2-3,6-9,18-19,22-23H,1,4-5,10-17,20-21H2. The highest BCUT2D eigenvalue weighted by atomic mass is 19.1. The molecule has 0 saturated carbocycles. The zero-order valence-corrected chi connectivity index (χ0v) is 18.6. The van der Waals surface area contributed by atoms with Gasteiger partial charge in [-0.15, -0.1) is 0 Å². The van der Waals surface area contributed by atoms with Gasteiger partial charge >= 0.3 is 0 Å². The van der Waals surface area contributed by atoms with Crippen molar-refractivity contribution in [2.75, 3.05) is 26.2 Å². The second-order valence-corrected chi connectivity index (χ2v) is 9.63. The van der Waals surface area contributed by atoms with Gasteiger partial charge in [0.15, 0.2) is 0 Å². The molecule has 0 N–H and O–H groups in total. The van der Waals surface area contributed by atoms with E-state index in [4.69, 9.17) is 0 Å². The van der Waals surface area contributed by atoms with E-state index in [1.165, 1.54) is 57.1 Å². The molecule has 0 aromatic heterocycles. The van der Waals surface area contributed by atoms with Gasteiger partial charge in [0.25, 0.3) is 0 Å². The summed E-state index contributed by atoms with van der Waals surface area (Å²) in [6, 6.07) is 14.0. The first-order valence-electron chi connectivity index (χ1n) is 12.1. The van der Waals surface area contributed by atoms with Crippen LogP contribution >= 0.6 is 0 Å². The highest BCUT2D eigenvalue weighted by Gasteiger charge is 2.22. The van der Waals surface area contributed by atoms with Crippen molar-refractivity contribution < 1.29 is 8.78 Å². The van der Waals surface area contributed by atoms with Crippen LogP contribution in [-0.4, -0.2) is 36.0 Å². The maximum Gasteiger partial charge on any atom is 0.123 e. The van der Waals surface area contributed by atoms with Crippen molar-refractivity contribution in [2.45, 2.75) is 58.0 Å². The summed E-state index contributed by atoms with van der Waals surface area (Å²) in [4.78, 5) is 4.94. The van der Waals surface area contributed by atoms with Gasteiger partial charge in [0.1, 0.15) is 11.6 Å². The van der Waals surface area contributed by atoms with Gasteiger partial charge in [-0.05, 0) is 99.1 Å². The summed E-state index contributed by atoms with van der Waals surface area (Å²) in [7, 11) is 0. The summed E-state index contributed by atoms with van der Waals surface area (Å²) in [5.74, 6) is 1.45. The summed E-state index contributed by atoms with van der Waals surface area (Å²) in [5.41, 5.74) is 2.17. The van der Waals surface area contributed by atoms with Crippen LogP contribution in [-0.2, 0) is 13.1 Å². The lowest BCUT2D eigenvalue weighted by Gasteiger charge is -2.33. The van der Waals surface area contributed by atoms with Crippen LogP contribution < -0.4 is 0 Å². The SMILES string of the molecule is Fc1cccc(CN2CCC(CCCC3CCN(Cc4cccc(F)c4)CC3)CC2)c1. The Kier molecular flexibility index (Phi) is 8.09. The fourth-order valence-electron chi connectivity index (χ4n) is 5.35. The molecule has 2 aromatic carbocycles. The minimum Gasteiger partial charge on any atom is -0.299 e. The first-order valence-corrected chi connectivity index (χ1v) is 12.1. The molecule has 0 aliphatic carbocycles. The second-order valence-electron chi connectivity index (χ2n) is 9.63. The predicted molar refractivity (Wildman–Crippen MR) is 123 cm³/mol. The van der Waals surface area contributed by atoms with E-state index in [2.05, 4.69) is 9.80 Å². The third kappa shape index (κ3) is 7.11. The fourth-order valence-corrected chi connectivity index (χ4v) is 5.35. The summed E-state index contributed by atoms with van der Waals surface area (Å²) in [6.07, 6.45) is 9.18. The minimum atomic E-state index is -0.132. The molecule has 0 radical (unpaired) electrons. The minimum absolute atomic E-state index is 0.132. The Labute approximate surface area is 186 Å². The Morgan fingerprint density at radius 1 is 0.645 bits per heavy atom. The molecule has 4 rings (SSSR count). The van der Waals surface area contributed by atoms with E-state index in [1.807, 2.05) is 24.3 Å². The van der Waals surface area contributed by atoms with Gasteiger partial charge in [-0.25, -0.2) is 8.78 Å². The van der Waals surface area contributed by atoms with Crippen LogP contribution in [0, 0.1) is 23.5 Å². The van der Waals surface area contributed by atoms with Crippen molar-refractivity contribution in [3.05, 3.63) is 71.3 Å². The Balaban J connectivity index is 1.08. The molecule has 0 amide bonds. The molecule has 2 aliphatic rings. The number of halogens is 2. The van der Waals surface area contributed by atoms with Gasteiger partial charge in [-0.1, -0.05) is 43.5 Å². The number of piperidine rings is 2. The van der Waals surface area contributed by atoms with E-state index in [0.29, 0.717) is 0 Å². The third-order valence-electron chi connectivity index (χ3n) is 7.23. The number of benzene rings is 2. The molecule has 2 saturated heterocycles. The van der Waals surface area contributed by atoms with E-state index >= 15 is 0 Å². The number of hydrogen-bond acceptors (Lipinski definition) is 2. The molecule has 0 atom stereocenters. The quantitative estimate of drug-likeness (QED) is 0.492. The molecular weight excluding hydrogens is 390 g/mol. The van der Waals surface area contributed by atoms with E-state index in [0.717, 1.165) is 62.2 Å². The first kappa shape index (κ1) is 22.4. The monoisotopic (exact) mass is 426 g/mol. The zero-order chi connectivity index (χ0) is 21.5. The largest absolute Gasteiger partial charge is 0.299 e. The lowest BCUT2D eigenvalue weighted by Crippen LogP contribution is -2.34. The van der Waals surface area contributed by atoms with E-state index in [1.54, 1.807) is 12.1 Å². The van der Waals surface area contributed by atoms with Crippen molar-refractivity contribution in [2.24, 2.45) is 11.8 Å². The number of hydrogen-bond donors (Lipinski definition) is 0. The van der Waals surface area contributed by atoms with Gasteiger partial charge in [0.2, 0.25) is 0 Å². The summed E-state index contributed by atoms with van der Waals surface area (Å²) >= 11 is 0. The predicted octanol–water partition coefficient (Wildman–Crippen LogP) is 6.26. The number of rotatable bonds is 8. The van der Waals surface area contributed by atoms with Crippen molar-refractivity contribution in [3.8, 4) is 0 Å². The normalized spacial score (nSPS) is 19.7. The molecular formula is C27H36F2N2. The van der Waals surface area contributed by atoms with Crippen molar-refractivity contribution in [1.29, 1.82) is 0 Å². The van der Waals surface area contributed by atoms with Crippen molar-refractivity contribution in [1.82, 2.24) is 9.80 Å². The highest BCUT2D eigenvalue weighted by Crippen LogP contribution is 2.28. The van der Waals surface area contributed by atoms with Crippen molar-refractivity contribution >= 4 is 0 Å². The van der Waals surface area contributed by atoms with E-state index in [-0.39, 0.29) is 11.6 Å². The molecule has 2 fully saturated rings. The Hall–Kier alpha value is -1.78. The van der Waals surface area contributed by atoms with Gasteiger partial charge in [0, 0.05) is 13.1 Å². The lowest BCUT2D eigenvalue weighted by molar-refractivity contribution is 0.156. The van der Waals surface area contributed by atoms with Crippen LogP contribution in [0.5, 0.6) is 0 Å². The Bertz CT molecular complexity index is 741. The van der Waals surface area contributed by atoms with Gasteiger partial charge in [0.05, 0.1) is 0 Å². The molecule has 2 aromatic rings. The lowest BCUT2D eigenvalue weighted by atomic mass is 9.86. The average molecular weight is 427 g/mol. The maximum atomic E-state index is 13.4. The Morgan fingerprint density at radius 3 is 1.45 bits per heavy atom. The van der Waals surface area contributed by atoms with Crippen LogP contribution in [0.4, 0.5) is 8.78 Å². The number of nitrogens with zero attached hydrogens (tertiary/aromatic N) is 2. The Morgan fingerprint density at radius 2 is 1.06 bits per heavy atom. The maximum absolute atomic E-state index is 13.4. The van der Waals surface area contributed by atoms with Gasteiger partial charge < -0.3 is 0 Å². The molecule has 2 aliphatic heterocycles. The molecule has 4 heteroatoms. The van der Waals surface area contributed by atoms with Crippen LogP contribution in [0.2, 0.25) is 0 Å². The molecule has 0 unspecified atom stereocenters. The second kappa shape index (κ2) is 11.2. The third-order valence-corrected chi connectivity index (χ3v) is 7.23. The molecule has 31 heavy (non-hydrogen) atoms. The number of likely N-dealkylation sites (tertiary alicyclic amines) is 2. The summed E-state index contributed by atoms with van der Waals surface area (Å²) < 4.78 is 26.8. The summed E-state index contributed by atoms with van der Waals surface area (Å²) in [6.45, 7) is 6.30. The highest BCUT2D eigenvalue weighted by molar-refractivity contribution is 5.17. The van der Waals surface area contributed by atoms with E-state index in [9.17, 15) is 8.78 Å². The van der Waals surface area contributed by atoms with Gasteiger partial charge in [-0.2, -0.15) is 0 Å². The average Bonchev–Trinajstić information content (AvgIpc) is 2.76. The van der Waals surface area contributed by atoms with Crippen LogP contribution in [0.15, 0.2) is 48.5 Å². The van der Waals surface area contributed by atoms with Gasteiger partial charge in [-0.3, -0.25) is 9.80 Å². The molecule has 0 spiro atoms.